The summed E-state index contributed by atoms with van der Waals surface area (Å²) in [5.74, 6) is 1.50. The number of fused-ring (bicyclic) bond motifs is 1. The summed E-state index contributed by atoms with van der Waals surface area (Å²) in [6, 6.07) is 6.46. The first-order valence-electron chi connectivity index (χ1n) is 12.6. The Kier molecular flexibility index (Phi) is 7.03. The van der Waals surface area contributed by atoms with E-state index in [4.69, 9.17) is 14.5 Å². The number of benzene rings is 1. The normalized spacial score (nSPS) is 19.2. The number of likely N-dealkylation sites (tertiary alicyclic amines) is 1. The van der Waals surface area contributed by atoms with Crippen LogP contribution in [0.15, 0.2) is 24.3 Å². The molecule has 0 saturated carbocycles. The highest BCUT2D eigenvalue weighted by Gasteiger charge is 2.28. The van der Waals surface area contributed by atoms with Crippen LogP contribution < -0.4 is 10.1 Å². The monoisotopic (exact) mass is 497 g/mol. The van der Waals surface area contributed by atoms with Gasteiger partial charge in [0.25, 0.3) is 0 Å². The van der Waals surface area contributed by atoms with Crippen LogP contribution in [0.2, 0.25) is 0 Å². The van der Waals surface area contributed by atoms with Gasteiger partial charge in [-0.05, 0) is 65.7 Å². The molecule has 7 nitrogen and oxygen atoms in total. The summed E-state index contributed by atoms with van der Waals surface area (Å²) in [5, 5.41) is 4.10. The maximum atomic E-state index is 15.1. The molecule has 0 spiro atoms. The molecule has 2 aliphatic heterocycles. The zero-order valence-electron chi connectivity index (χ0n) is 21.2. The molecule has 5 rings (SSSR count). The van der Waals surface area contributed by atoms with E-state index < -0.39 is 18.0 Å². The number of halogens is 2. The summed E-state index contributed by atoms with van der Waals surface area (Å²) in [4.78, 5) is 16.4. The van der Waals surface area contributed by atoms with E-state index in [0.29, 0.717) is 47.9 Å². The standard InChI is InChI=1S/C27H33F2N5O2/c1-15(28)20-6-5-7-21(24(20)29)16(2)30-25-23-12-22(18-8-10-34(4)11-9-18)27(36-19-13-35-14-19)33-26(23)32-17(3)31-25/h5-7,12,15-16,18-19H,8-11,13-14H2,1-4H3,(H,30,31,32,33)/t15?,16-/m1/s1. The summed E-state index contributed by atoms with van der Waals surface area (Å²) in [6.45, 7) is 8.10. The van der Waals surface area contributed by atoms with Crippen LogP contribution in [0.25, 0.3) is 11.0 Å². The molecule has 2 aromatic heterocycles. The number of hydrogen-bond acceptors (Lipinski definition) is 7. The Morgan fingerprint density at radius 1 is 1.11 bits per heavy atom. The van der Waals surface area contributed by atoms with Crippen molar-refractivity contribution in [2.75, 3.05) is 38.7 Å². The number of pyridine rings is 1. The van der Waals surface area contributed by atoms with Gasteiger partial charge in [0, 0.05) is 16.7 Å². The Bertz CT molecular complexity index is 1240. The van der Waals surface area contributed by atoms with Crippen molar-refractivity contribution in [2.24, 2.45) is 0 Å². The van der Waals surface area contributed by atoms with E-state index in [2.05, 4.69) is 33.3 Å². The number of hydrogen-bond donors (Lipinski definition) is 1. The zero-order valence-corrected chi connectivity index (χ0v) is 21.2. The fourth-order valence-electron chi connectivity index (χ4n) is 4.91. The average Bonchev–Trinajstić information content (AvgIpc) is 2.81. The van der Waals surface area contributed by atoms with Gasteiger partial charge in [0.1, 0.15) is 29.7 Å². The molecule has 3 aromatic rings. The molecule has 9 heteroatoms. The van der Waals surface area contributed by atoms with Gasteiger partial charge in [0.05, 0.1) is 24.6 Å². The first kappa shape index (κ1) is 24.8. The van der Waals surface area contributed by atoms with Crippen molar-refractivity contribution in [2.45, 2.75) is 57.8 Å². The van der Waals surface area contributed by atoms with E-state index in [9.17, 15) is 4.39 Å². The number of nitrogens with one attached hydrogen (secondary N) is 1. The molecule has 1 aromatic carbocycles. The SMILES string of the molecule is Cc1nc(N[C@H](C)c2cccc(C(C)F)c2F)c2cc(C3CCN(C)CC3)c(OC3COC3)nc2n1. The van der Waals surface area contributed by atoms with Crippen LogP contribution in [0.4, 0.5) is 14.6 Å². The molecule has 0 radical (unpaired) electrons. The molecule has 2 aliphatic rings. The molecule has 2 saturated heterocycles. The minimum Gasteiger partial charge on any atom is -0.469 e. The molecule has 0 amide bonds. The lowest BCUT2D eigenvalue weighted by Gasteiger charge is -2.32. The lowest BCUT2D eigenvalue weighted by molar-refractivity contribution is -0.0817. The minimum atomic E-state index is -1.39. The first-order chi connectivity index (χ1) is 17.3. The third kappa shape index (κ3) is 4.99. The van der Waals surface area contributed by atoms with E-state index in [1.54, 1.807) is 19.1 Å². The predicted octanol–water partition coefficient (Wildman–Crippen LogP) is 5.26. The molecule has 0 aliphatic carbocycles. The second-order valence-electron chi connectivity index (χ2n) is 9.96. The fraction of sp³-hybridized carbons (Fsp3) is 0.519. The summed E-state index contributed by atoms with van der Waals surface area (Å²) in [5.41, 5.74) is 2.01. The van der Waals surface area contributed by atoms with Crippen molar-refractivity contribution in [3.8, 4) is 5.88 Å². The summed E-state index contributed by atoms with van der Waals surface area (Å²) in [6.07, 6.45) is 0.618. The van der Waals surface area contributed by atoms with Crippen LogP contribution in [-0.2, 0) is 4.74 Å². The first-order valence-corrected chi connectivity index (χ1v) is 12.6. The predicted molar refractivity (Wildman–Crippen MR) is 135 cm³/mol. The third-order valence-corrected chi connectivity index (χ3v) is 7.14. The minimum absolute atomic E-state index is 0.00587. The number of aryl methyl sites for hydroxylation is 1. The van der Waals surface area contributed by atoms with Crippen LogP contribution in [0, 0.1) is 12.7 Å². The molecule has 2 fully saturated rings. The second-order valence-corrected chi connectivity index (χ2v) is 9.96. The van der Waals surface area contributed by atoms with Crippen molar-refractivity contribution < 1.29 is 18.3 Å². The van der Waals surface area contributed by atoms with E-state index in [1.807, 2.05) is 6.92 Å². The number of aromatic nitrogens is 3. The summed E-state index contributed by atoms with van der Waals surface area (Å²) in [7, 11) is 2.13. The zero-order chi connectivity index (χ0) is 25.4. The molecular formula is C27H33F2N5O2. The van der Waals surface area contributed by atoms with Crippen LogP contribution in [0.3, 0.4) is 0 Å². The highest BCUT2D eigenvalue weighted by atomic mass is 19.1. The quantitative estimate of drug-likeness (QED) is 0.477. The molecule has 192 valence electrons. The van der Waals surface area contributed by atoms with Gasteiger partial charge in [-0.25, -0.2) is 18.7 Å². The van der Waals surface area contributed by atoms with Crippen LogP contribution >= 0.6 is 0 Å². The number of nitrogens with zero attached hydrogens (tertiary/aromatic N) is 4. The summed E-state index contributed by atoms with van der Waals surface area (Å²) >= 11 is 0. The summed E-state index contributed by atoms with van der Waals surface area (Å²) < 4.78 is 40.5. The van der Waals surface area contributed by atoms with Gasteiger partial charge in [-0.3, -0.25) is 0 Å². The largest absolute Gasteiger partial charge is 0.469 e. The van der Waals surface area contributed by atoms with E-state index in [1.165, 1.54) is 13.0 Å². The highest BCUT2D eigenvalue weighted by molar-refractivity contribution is 5.88. The van der Waals surface area contributed by atoms with Crippen LogP contribution in [0.5, 0.6) is 5.88 Å². The molecule has 1 unspecified atom stereocenters. The Labute approximate surface area is 210 Å². The Balaban J connectivity index is 1.54. The number of piperidine rings is 1. The molecule has 1 N–H and O–H groups in total. The van der Waals surface area contributed by atoms with Crippen molar-refractivity contribution in [1.82, 2.24) is 19.9 Å². The van der Waals surface area contributed by atoms with Crippen LogP contribution in [0.1, 0.15) is 67.3 Å². The van der Waals surface area contributed by atoms with Crippen molar-refractivity contribution in [1.29, 1.82) is 0 Å². The Morgan fingerprint density at radius 3 is 2.50 bits per heavy atom. The lowest BCUT2D eigenvalue weighted by atomic mass is 9.89. The van der Waals surface area contributed by atoms with Gasteiger partial charge >= 0.3 is 0 Å². The molecular weight excluding hydrogens is 464 g/mol. The smallest absolute Gasteiger partial charge is 0.219 e. The Hall–Kier alpha value is -2.91. The van der Waals surface area contributed by atoms with E-state index >= 15 is 4.39 Å². The Morgan fingerprint density at radius 2 is 1.83 bits per heavy atom. The van der Waals surface area contributed by atoms with Gasteiger partial charge in [-0.2, -0.15) is 4.98 Å². The average molecular weight is 498 g/mol. The highest BCUT2D eigenvalue weighted by Crippen LogP contribution is 2.38. The second kappa shape index (κ2) is 10.2. The maximum Gasteiger partial charge on any atom is 0.219 e. The van der Waals surface area contributed by atoms with Crippen molar-refractivity contribution >= 4 is 16.9 Å². The number of rotatable bonds is 7. The van der Waals surface area contributed by atoms with Crippen molar-refractivity contribution in [3.05, 3.63) is 52.6 Å². The maximum absolute atomic E-state index is 15.1. The van der Waals surface area contributed by atoms with Gasteiger partial charge in [-0.1, -0.05) is 18.2 Å². The number of ether oxygens (including phenoxy) is 2. The van der Waals surface area contributed by atoms with E-state index in [0.717, 1.165) is 36.9 Å². The molecule has 36 heavy (non-hydrogen) atoms. The fourth-order valence-corrected chi connectivity index (χ4v) is 4.91. The van der Waals surface area contributed by atoms with Gasteiger partial charge in [0.2, 0.25) is 5.88 Å². The molecule has 0 bridgehead atoms. The van der Waals surface area contributed by atoms with Gasteiger partial charge < -0.3 is 19.7 Å². The molecule has 2 atom stereocenters. The van der Waals surface area contributed by atoms with Gasteiger partial charge in [-0.15, -0.1) is 0 Å². The third-order valence-electron chi connectivity index (χ3n) is 7.14. The van der Waals surface area contributed by atoms with Crippen LogP contribution in [-0.4, -0.2) is 59.3 Å². The lowest BCUT2D eigenvalue weighted by Crippen LogP contribution is -2.39. The molecule has 4 heterocycles. The van der Waals surface area contributed by atoms with Crippen molar-refractivity contribution in [3.63, 3.8) is 0 Å². The number of anilines is 1. The number of alkyl halides is 1. The topological polar surface area (TPSA) is 72.4 Å². The van der Waals surface area contributed by atoms with Gasteiger partial charge in [0.15, 0.2) is 5.65 Å². The van der Waals surface area contributed by atoms with E-state index in [-0.39, 0.29) is 11.7 Å².